The summed E-state index contributed by atoms with van der Waals surface area (Å²) < 4.78 is 23.7. The number of hydrogen-bond donors (Lipinski definition) is 0. The molecule has 3 rings (SSSR count). The zero-order valence-corrected chi connectivity index (χ0v) is 11.8. The molecule has 0 N–H and O–H groups in total. The fourth-order valence-corrected chi connectivity index (χ4v) is 1.98. The zero-order valence-electron chi connectivity index (χ0n) is 11.0. The second-order valence-electron chi connectivity index (χ2n) is 4.28. The SMILES string of the molecule is COc1ccc(-c2nc(-c3ccc(Cl)cc3)no2)cc1F. The van der Waals surface area contributed by atoms with Gasteiger partial charge in [0.2, 0.25) is 5.82 Å². The van der Waals surface area contributed by atoms with E-state index < -0.39 is 5.82 Å². The summed E-state index contributed by atoms with van der Waals surface area (Å²) in [6.07, 6.45) is 0. The Morgan fingerprint density at radius 3 is 2.48 bits per heavy atom. The zero-order chi connectivity index (χ0) is 14.8. The highest BCUT2D eigenvalue weighted by Gasteiger charge is 2.13. The molecule has 1 heterocycles. The van der Waals surface area contributed by atoms with Crippen LogP contribution in [0.2, 0.25) is 5.02 Å². The van der Waals surface area contributed by atoms with Crippen molar-refractivity contribution in [2.75, 3.05) is 7.11 Å². The minimum Gasteiger partial charge on any atom is -0.494 e. The molecule has 0 saturated heterocycles. The summed E-state index contributed by atoms with van der Waals surface area (Å²) >= 11 is 5.83. The largest absolute Gasteiger partial charge is 0.494 e. The Bertz CT molecular complexity index is 772. The molecule has 1 aromatic heterocycles. The van der Waals surface area contributed by atoms with Crippen LogP contribution in [0.25, 0.3) is 22.8 Å². The van der Waals surface area contributed by atoms with E-state index in [0.717, 1.165) is 5.56 Å². The number of hydrogen-bond acceptors (Lipinski definition) is 4. The van der Waals surface area contributed by atoms with Crippen LogP contribution in [-0.4, -0.2) is 17.3 Å². The fraction of sp³-hybridized carbons (Fsp3) is 0.0667. The van der Waals surface area contributed by atoms with Gasteiger partial charge in [0.1, 0.15) is 0 Å². The van der Waals surface area contributed by atoms with E-state index in [9.17, 15) is 4.39 Å². The van der Waals surface area contributed by atoms with Gasteiger partial charge in [-0.05, 0) is 42.5 Å². The van der Waals surface area contributed by atoms with Crippen LogP contribution in [0.1, 0.15) is 0 Å². The Kier molecular flexibility index (Phi) is 3.58. The molecule has 106 valence electrons. The normalized spacial score (nSPS) is 10.6. The number of nitrogens with zero attached hydrogens (tertiary/aromatic N) is 2. The third kappa shape index (κ3) is 2.73. The molecular formula is C15H10ClFN2O2. The third-order valence-corrected chi connectivity index (χ3v) is 3.18. The molecular weight excluding hydrogens is 295 g/mol. The van der Waals surface area contributed by atoms with Crippen LogP contribution in [0.15, 0.2) is 47.0 Å². The Morgan fingerprint density at radius 1 is 1.10 bits per heavy atom. The van der Waals surface area contributed by atoms with Gasteiger partial charge in [-0.3, -0.25) is 0 Å². The monoisotopic (exact) mass is 304 g/mol. The number of benzene rings is 2. The Balaban J connectivity index is 1.94. The topological polar surface area (TPSA) is 48.2 Å². The second-order valence-corrected chi connectivity index (χ2v) is 4.72. The van der Waals surface area contributed by atoms with Gasteiger partial charge in [0.05, 0.1) is 7.11 Å². The molecule has 0 saturated carbocycles. The van der Waals surface area contributed by atoms with Crippen molar-refractivity contribution in [3.63, 3.8) is 0 Å². The number of rotatable bonds is 3. The first-order valence-electron chi connectivity index (χ1n) is 6.11. The van der Waals surface area contributed by atoms with Crippen LogP contribution in [0.4, 0.5) is 4.39 Å². The first kappa shape index (κ1) is 13.6. The highest BCUT2D eigenvalue weighted by atomic mass is 35.5. The van der Waals surface area contributed by atoms with Crippen molar-refractivity contribution in [2.45, 2.75) is 0 Å². The van der Waals surface area contributed by atoms with Gasteiger partial charge in [-0.2, -0.15) is 4.98 Å². The summed E-state index contributed by atoms with van der Waals surface area (Å²) in [5, 5.41) is 4.51. The lowest BCUT2D eigenvalue weighted by Gasteiger charge is -2.01. The van der Waals surface area contributed by atoms with Crippen LogP contribution >= 0.6 is 11.6 Å². The summed E-state index contributed by atoms with van der Waals surface area (Å²) in [5.74, 6) is 0.330. The predicted octanol–water partition coefficient (Wildman–Crippen LogP) is 4.20. The molecule has 21 heavy (non-hydrogen) atoms. The minimum absolute atomic E-state index is 0.163. The molecule has 0 bridgehead atoms. The van der Waals surface area contributed by atoms with Gasteiger partial charge >= 0.3 is 0 Å². The molecule has 6 heteroatoms. The molecule has 0 aliphatic heterocycles. The molecule has 0 unspecified atom stereocenters. The standard InChI is InChI=1S/C15H10ClFN2O2/c1-20-13-7-4-10(8-12(13)17)15-18-14(19-21-15)9-2-5-11(16)6-3-9/h2-8H,1H3. The van der Waals surface area contributed by atoms with Gasteiger partial charge in [-0.1, -0.05) is 16.8 Å². The van der Waals surface area contributed by atoms with Gasteiger partial charge in [0.25, 0.3) is 5.89 Å². The molecule has 0 aliphatic carbocycles. The minimum atomic E-state index is -0.485. The maximum atomic E-state index is 13.7. The quantitative estimate of drug-likeness (QED) is 0.727. The fourth-order valence-electron chi connectivity index (χ4n) is 1.86. The molecule has 4 nitrogen and oxygen atoms in total. The summed E-state index contributed by atoms with van der Waals surface area (Å²) in [5.41, 5.74) is 1.25. The summed E-state index contributed by atoms with van der Waals surface area (Å²) in [7, 11) is 1.41. The van der Waals surface area contributed by atoms with Gasteiger partial charge in [0, 0.05) is 16.1 Å². The van der Waals surface area contributed by atoms with Crippen LogP contribution < -0.4 is 4.74 Å². The molecule has 0 aliphatic rings. The molecule has 0 spiro atoms. The van der Waals surface area contributed by atoms with Crippen molar-refractivity contribution in [3.05, 3.63) is 53.3 Å². The van der Waals surface area contributed by atoms with Crippen LogP contribution in [0.3, 0.4) is 0 Å². The molecule has 0 amide bonds. The van der Waals surface area contributed by atoms with Crippen LogP contribution in [0, 0.1) is 5.82 Å². The number of halogens is 2. The van der Waals surface area contributed by atoms with E-state index in [-0.39, 0.29) is 11.6 Å². The average Bonchev–Trinajstić information content (AvgIpc) is 2.98. The number of aromatic nitrogens is 2. The van der Waals surface area contributed by atoms with Crippen molar-refractivity contribution < 1.29 is 13.7 Å². The summed E-state index contributed by atoms with van der Waals surface area (Å²) in [6, 6.07) is 11.5. The maximum absolute atomic E-state index is 13.7. The molecule has 3 aromatic rings. The van der Waals surface area contributed by atoms with Crippen molar-refractivity contribution in [3.8, 4) is 28.6 Å². The smallest absolute Gasteiger partial charge is 0.258 e. The Hall–Kier alpha value is -2.40. The van der Waals surface area contributed by atoms with E-state index in [1.54, 1.807) is 30.3 Å². The molecule has 0 atom stereocenters. The molecule has 0 radical (unpaired) electrons. The number of ether oxygens (including phenoxy) is 1. The van der Waals surface area contributed by atoms with E-state index >= 15 is 0 Å². The lowest BCUT2D eigenvalue weighted by atomic mass is 10.2. The van der Waals surface area contributed by atoms with Gasteiger partial charge in [-0.25, -0.2) is 4.39 Å². The van der Waals surface area contributed by atoms with E-state index in [4.69, 9.17) is 20.9 Å². The molecule has 2 aromatic carbocycles. The lowest BCUT2D eigenvalue weighted by molar-refractivity contribution is 0.386. The summed E-state index contributed by atoms with van der Waals surface area (Å²) in [4.78, 5) is 4.25. The maximum Gasteiger partial charge on any atom is 0.258 e. The van der Waals surface area contributed by atoms with Gasteiger partial charge < -0.3 is 9.26 Å². The van der Waals surface area contributed by atoms with E-state index in [1.165, 1.54) is 19.2 Å². The van der Waals surface area contributed by atoms with Crippen LogP contribution in [-0.2, 0) is 0 Å². The van der Waals surface area contributed by atoms with E-state index in [1.807, 2.05) is 0 Å². The number of methoxy groups -OCH3 is 1. The average molecular weight is 305 g/mol. The van der Waals surface area contributed by atoms with Crippen LogP contribution in [0.5, 0.6) is 5.75 Å². The summed E-state index contributed by atoms with van der Waals surface area (Å²) in [6.45, 7) is 0. The van der Waals surface area contributed by atoms with Gasteiger partial charge in [0.15, 0.2) is 11.6 Å². The van der Waals surface area contributed by atoms with E-state index in [2.05, 4.69) is 10.1 Å². The predicted molar refractivity (Wildman–Crippen MR) is 76.7 cm³/mol. The second kappa shape index (κ2) is 5.54. The first-order valence-corrected chi connectivity index (χ1v) is 6.49. The van der Waals surface area contributed by atoms with Crippen molar-refractivity contribution in [1.82, 2.24) is 10.1 Å². The lowest BCUT2D eigenvalue weighted by Crippen LogP contribution is -1.88. The highest BCUT2D eigenvalue weighted by Crippen LogP contribution is 2.26. The van der Waals surface area contributed by atoms with Crippen molar-refractivity contribution in [1.29, 1.82) is 0 Å². The van der Waals surface area contributed by atoms with E-state index in [0.29, 0.717) is 16.4 Å². The third-order valence-electron chi connectivity index (χ3n) is 2.93. The first-order chi connectivity index (χ1) is 10.2. The molecule has 0 fully saturated rings. The van der Waals surface area contributed by atoms with Crippen molar-refractivity contribution in [2.24, 2.45) is 0 Å². The van der Waals surface area contributed by atoms with Gasteiger partial charge in [-0.15, -0.1) is 0 Å². The highest BCUT2D eigenvalue weighted by molar-refractivity contribution is 6.30. The van der Waals surface area contributed by atoms with Crippen molar-refractivity contribution >= 4 is 11.6 Å². The Labute approximate surface area is 125 Å². The Morgan fingerprint density at radius 2 is 1.81 bits per heavy atom.